The topological polar surface area (TPSA) is 86.1 Å². The number of anilines is 1. The van der Waals surface area contributed by atoms with Crippen LogP contribution in [0.2, 0.25) is 0 Å². The fourth-order valence-corrected chi connectivity index (χ4v) is 2.67. The first-order valence-corrected chi connectivity index (χ1v) is 9.45. The molecule has 2 heterocycles. The molecule has 1 saturated heterocycles. The van der Waals surface area contributed by atoms with Crippen molar-refractivity contribution in [3.05, 3.63) is 30.1 Å². The summed E-state index contributed by atoms with van der Waals surface area (Å²) in [5.41, 5.74) is 0.947. The molecule has 3 rings (SSSR count). The Kier molecular flexibility index (Phi) is 6.58. The fourth-order valence-electron chi connectivity index (χ4n) is 2.67. The van der Waals surface area contributed by atoms with Gasteiger partial charge >= 0.3 is 6.09 Å². The number of ether oxygens (including phenoxy) is 3. The van der Waals surface area contributed by atoms with Crippen LogP contribution < -0.4 is 15.0 Å². The molecule has 0 radical (unpaired) electrons. The number of amides is 1. The van der Waals surface area contributed by atoms with Gasteiger partial charge in [0.1, 0.15) is 23.5 Å². The van der Waals surface area contributed by atoms with Crippen LogP contribution in [0, 0.1) is 0 Å². The fraction of sp³-hybridized carbons (Fsp3) is 0.500. The highest BCUT2D eigenvalue weighted by molar-refractivity contribution is 5.76. The van der Waals surface area contributed by atoms with Gasteiger partial charge in [-0.15, -0.1) is 0 Å². The quantitative estimate of drug-likeness (QED) is 0.785. The lowest BCUT2D eigenvalue weighted by atomic mass is 10.2. The van der Waals surface area contributed by atoms with Crippen LogP contribution in [-0.2, 0) is 9.47 Å². The highest BCUT2D eigenvalue weighted by atomic mass is 19.1. The summed E-state index contributed by atoms with van der Waals surface area (Å²) in [6.07, 6.45) is -0.198. The van der Waals surface area contributed by atoms with Crippen LogP contribution in [0.1, 0.15) is 20.8 Å². The molecule has 9 heteroatoms. The number of halogens is 1. The van der Waals surface area contributed by atoms with E-state index in [4.69, 9.17) is 18.6 Å². The number of morpholine rings is 1. The molecule has 8 nitrogen and oxygen atoms in total. The van der Waals surface area contributed by atoms with Crippen molar-refractivity contribution >= 4 is 23.2 Å². The van der Waals surface area contributed by atoms with Gasteiger partial charge in [-0.2, -0.15) is 4.98 Å². The van der Waals surface area contributed by atoms with E-state index in [9.17, 15) is 9.18 Å². The number of oxazole rings is 1. The number of benzene rings is 1. The summed E-state index contributed by atoms with van der Waals surface area (Å²) >= 11 is 0. The Morgan fingerprint density at radius 2 is 2.10 bits per heavy atom. The number of nitrogens with one attached hydrogen (secondary N) is 1. The monoisotopic (exact) mass is 407 g/mol. The lowest BCUT2D eigenvalue weighted by molar-refractivity contribution is 0.0531. The number of fused-ring (bicyclic) bond motifs is 1. The van der Waals surface area contributed by atoms with Crippen molar-refractivity contribution in [2.75, 3.05) is 44.4 Å². The zero-order chi connectivity index (χ0) is 20.9. The predicted octanol–water partition coefficient (Wildman–Crippen LogP) is 3.42. The van der Waals surface area contributed by atoms with E-state index >= 15 is 0 Å². The third kappa shape index (κ3) is 6.08. The second kappa shape index (κ2) is 9.13. The largest absolute Gasteiger partial charge is 0.489 e. The summed E-state index contributed by atoms with van der Waals surface area (Å²) in [6.45, 7) is 7.96. The van der Waals surface area contributed by atoms with Crippen LogP contribution in [0.3, 0.4) is 0 Å². The van der Waals surface area contributed by atoms with Gasteiger partial charge in [0.25, 0.3) is 6.01 Å². The third-order valence-corrected chi connectivity index (χ3v) is 4.07. The minimum Gasteiger partial charge on any atom is -0.489 e. The first-order chi connectivity index (χ1) is 13.8. The molecule has 0 spiro atoms. The van der Waals surface area contributed by atoms with Gasteiger partial charge in [-0.1, -0.05) is 0 Å². The maximum Gasteiger partial charge on any atom is 0.407 e. The summed E-state index contributed by atoms with van der Waals surface area (Å²) < 4.78 is 35.1. The number of carbonyl (C=O) groups excluding carboxylic acids is 1. The van der Waals surface area contributed by atoms with E-state index in [1.165, 1.54) is 0 Å². The van der Waals surface area contributed by atoms with Crippen molar-refractivity contribution in [2.24, 2.45) is 0 Å². The lowest BCUT2D eigenvalue weighted by Crippen LogP contribution is -2.36. The molecule has 0 bridgehead atoms. The number of alkyl carbamates (subject to hydrolysis) is 1. The number of aromatic nitrogens is 1. The Hall–Kier alpha value is -2.81. The van der Waals surface area contributed by atoms with Crippen molar-refractivity contribution in [1.82, 2.24) is 10.3 Å². The normalized spacial score (nSPS) is 15.4. The molecule has 2 aromatic rings. The van der Waals surface area contributed by atoms with Crippen LogP contribution in [0.15, 0.2) is 34.5 Å². The van der Waals surface area contributed by atoms with Crippen molar-refractivity contribution in [3.63, 3.8) is 0 Å². The van der Waals surface area contributed by atoms with Gasteiger partial charge in [-0.05, 0) is 32.9 Å². The average Bonchev–Trinajstić information content (AvgIpc) is 3.11. The Morgan fingerprint density at radius 3 is 2.79 bits per heavy atom. The number of carbonyl (C=O) groups is 1. The molecule has 1 aromatic heterocycles. The van der Waals surface area contributed by atoms with E-state index in [0.29, 0.717) is 42.4 Å². The highest BCUT2D eigenvalue weighted by Gasteiger charge is 2.18. The van der Waals surface area contributed by atoms with Crippen molar-refractivity contribution in [2.45, 2.75) is 26.4 Å². The Bertz CT molecular complexity index is 869. The number of hydrogen-bond acceptors (Lipinski definition) is 7. The van der Waals surface area contributed by atoms with Gasteiger partial charge in [0.2, 0.25) is 0 Å². The summed E-state index contributed by atoms with van der Waals surface area (Å²) in [4.78, 5) is 18.2. The van der Waals surface area contributed by atoms with E-state index < -0.39 is 11.7 Å². The Morgan fingerprint density at radius 1 is 1.34 bits per heavy atom. The molecule has 1 aliphatic rings. The zero-order valence-electron chi connectivity index (χ0n) is 16.9. The van der Waals surface area contributed by atoms with Gasteiger partial charge in [-0.3, -0.25) is 0 Å². The molecular weight excluding hydrogens is 381 g/mol. The van der Waals surface area contributed by atoms with Crippen molar-refractivity contribution in [1.29, 1.82) is 0 Å². The summed E-state index contributed by atoms with van der Waals surface area (Å²) in [7, 11) is 0. The van der Waals surface area contributed by atoms with E-state index in [0.717, 1.165) is 13.1 Å². The van der Waals surface area contributed by atoms with Crippen LogP contribution in [-0.4, -0.2) is 56.1 Å². The number of hydrogen-bond donors (Lipinski definition) is 1. The molecule has 1 N–H and O–H groups in total. The molecular formula is C20H26FN3O5. The highest BCUT2D eigenvalue weighted by Crippen LogP contribution is 2.26. The zero-order valence-corrected chi connectivity index (χ0v) is 16.9. The van der Waals surface area contributed by atoms with Crippen LogP contribution in [0.25, 0.3) is 11.1 Å². The average molecular weight is 407 g/mol. The molecule has 158 valence electrons. The van der Waals surface area contributed by atoms with E-state index in [1.54, 1.807) is 39.0 Å². The Labute approximate surface area is 168 Å². The van der Waals surface area contributed by atoms with Gasteiger partial charge < -0.3 is 28.8 Å². The smallest absolute Gasteiger partial charge is 0.407 e. The molecule has 0 aliphatic carbocycles. The SMILES string of the molecule is CC(C)(C)OC(=O)NC/C(=C/F)COc1ccc2nc(N3CCOCC3)oc2c1. The van der Waals surface area contributed by atoms with Gasteiger partial charge in [0, 0.05) is 31.3 Å². The molecule has 1 aromatic carbocycles. The van der Waals surface area contributed by atoms with Crippen molar-refractivity contribution in [3.8, 4) is 5.75 Å². The van der Waals surface area contributed by atoms with Crippen LogP contribution in [0.5, 0.6) is 5.75 Å². The van der Waals surface area contributed by atoms with E-state index in [2.05, 4.69) is 10.3 Å². The van der Waals surface area contributed by atoms with Gasteiger partial charge in [0.15, 0.2) is 5.58 Å². The second-order valence-corrected chi connectivity index (χ2v) is 7.64. The van der Waals surface area contributed by atoms with E-state index in [1.807, 2.05) is 4.90 Å². The maximum atomic E-state index is 13.1. The van der Waals surface area contributed by atoms with Gasteiger partial charge in [0.05, 0.1) is 19.5 Å². The lowest BCUT2D eigenvalue weighted by Gasteiger charge is -2.24. The number of nitrogens with zero attached hydrogens (tertiary/aromatic N) is 2. The molecule has 1 amide bonds. The predicted molar refractivity (Wildman–Crippen MR) is 106 cm³/mol. The second-order valence-electron chi connectivity index (χ2n) is 7.64. The minimum atomic E-state index is -0.618. The van der Waals surface area contributed by atoms with Crippen molar-refractivity contribution < 1.29 is 27.8 Å². The maximum absolute atomic E-state index is 13.1. The standard InChI is InChI=1S/C20H26FN3O5/c1-20(2,3)29-19(25)22-12-14(11-21)13-27-15-4-5-16-17(10-15)28-18(23-16)24-6-8-26-9-7-24/h4-5,10-11H,6-9,12-13H2,1-3H3,(H,22,25)/b14-11-. The minimum absolute atomic E-state index is 0.0167. The Balaban J connectivity index is 1.55. The summed E-state index contributed by atoms with van der Waals surface area (Å²) in [5.74, 6) is 0.513. The molecule has 0 saturated carbocycles. The molecule has 1 aliphatic heterocycles. The first kappa shape index (κ1) is 20.9. The summed E-state index contributed by atoms with van der Waals surface area (Å²) in [6, 6.07) is 5.79. The molecule has 29 heavy (non-hydrogen) atoms. The molecule has 0 unspecified atom stereocenters. The molecule has 0 atom stereocenters. The third-order valence-electron chi connectivity index (χ3n) is 4.07. The first-order valence-electron chi connectivity index (χ1n) is 9.45. The van der Waals surface area contributed by atoms with Crippen LogP contribution in [0.4, 0.5) is 15.2 Å². The van der Waals surface area contributed by atoms with Crippen LogP contribution >= 0.6 is 0 Å². The molecule has 1 fully saturated rings. The number of rotatable bonds is 6. The summed E-state index contributed by atoms with van der Waals surface area (Å²) in [5, 5.41) is 2.50. The van der Waals surface area contributed by atoms with E-state index in [-0.39, 0.29) is 18.7 Å². The van der Waals surface area contributed by atoms with Gasteiger partial charge in [-0.25, -0.2) is 9.18 Å².